The van der Waals surface area contributed by atoms with Crippen molar-refractivity contribution in [1.29, 1.82) is 0 Å². The first kappa shape index (κ1) is 18.9. The van der Waals surface area contributed by atoms with Crippen LogP contribution in [0.2, 0.25) is 0 Å². The molecular weight excluding hydrogens is 362 g/mol. The van der Waals surface area contributed by atoms with Crippen molar-refractivity contribution in [2.75, 3.05) is 36.4 Å². The fourth-order valence-electron chi connectivity index (χ4n) is 3.46. The van der Waals surface area contributed by atoms with Crippen LogP contribution in [0.3, 0.4) is 0 Å². The average Bonchev–Trinajstić information content (AvgIpc) is 2.75. The molecule has 29 heavy (non-hydrogen) atoms. The summed E-state index contributed by atoms with van der Waals surface area (Å²) in [4.78, 5) is 25.9. The standard InChI is InChI=1S/C23H25N5O/c1-17-8-10-20(11-9-17)26-21-16-22(25-18(2)24-21)27-12-14-28(15-13-27)23(29)19-6-4-3-5-7-19/h3-11,16H,12-15H2,1-2H3,(H,24,25,26). The highest BCUT2D eigenvalue weighted by Gasteiger charge is 2.23. The summed E-state index contributed by atoms with van der Waals surface area (Å²) in [6.07, 6.45) is 0. The third kappa shape index (κ3) is 4.54. The minimum atomic E-state index is 0.0887. The molecule has 0 spiro atoms. The summed E-state index contributed by atoms with van der Waals surface area (Å²) in [6, 6.07) is 19.7. The first-order chi connectivity index (χ1) is 14.1. The third-order valence-electron chi connectivity index (χ3n) is 5.06. The van der Waals surface area contributed by atoms with E-state index in [0.29, 0.717) is 13.1 Å². The number of aryl methyl sites for hydroxylation is 2. The van der Waals surface area contributed by atoms with Crippen LogP contribution < -0.4 is 10.2 Å². The Morgan fingerprint density at radius 1 is 0.897 bits per heavy atom. The van der Waals surface area contributed by atoms with E-state index in [4.69, 9.17) is 0 Å². The second-order valence-electron chi connectivity index (χ2n) is 7.29. The van der Waals surface area contributed by atoms with Crippen molar-refractivity contribution < 1.29 is 4.79 Å². The number of anilines is 3. The Balaban J connectivity index is 1.43. The number of hydrogen-bond donors (Lipinski definition) is 1. The van der Waals surface area contributed by atoms with Crippen LogP contribution in [0.15, 0.2) is 60.7 Å². The lowest BCUT2D eigenvalue weighted by Gasteiger charge is -2.35. The number of rotatable bonds is 4. The molecule has 2 heterocycles. The fourth-order valence-corrected chi connectivity index (χ4v) is 3.46. The summed E-state index contributed by atoms with van der Waals surface area (Å²) in [7, 11) is 0. The zero-order valence-electron chi connectivity index (χ0n) is 16.8. The molecule has 0 bridgehead atoms. The largest absolute Gasteiger partial charge is 0.353 e. The van der Waals surface area contributed by atoms with Crippen LogP contribution in [-0.2, 0) is 0 Å². The van der Waals surface area contributed by atoms with Crippen molar-refractivity contribution in [3.8, 4) is 0 Å². The molecule has 4 rings (SSSR count). The van der Waals surface area contributed by atoms with Crippen molar-refractivity contribution >= 4 is 23.2 Å². The van der Waals surface area contributed by atoms with Gasteiger partial charge in [0.1, 0.15) is 17.5 Å². The van der Waals surface area contributed by atoms with E-state index in [2.05, 4.69) is 39.2 Å². The highest BCUT2D eigenvalue weighted by molar-refractivity contribution is 5.94. The maximum Gasteiger partial charge on any atom is 0.253 e. The predicted molar refractivity (Wildman–Crippen MR) is 116 cm³/mol. The highest BCUT2D eigenvalue weighted by atomic mass is 16.2. The van der Waals surface area contributed by atoms with Gasteiger partial charge in [-0.15, -0.1) is 0 Å². The van der Waals surface area contributed by atoms with E-state index in [0.717, 1.165) is 41.8 Å². The van der Waals surface area contributed by atoms with Gasteiger partial charge in [0, 0.05) is 43.5 Å². The van der Waals surface area contributed by atoms with Crippen LogP contribution >= 0.6 is 0 Å². The van der Waals surface area contributed by atoms with Crippen LogP contribution in [0, 0.1) is 13.8 Å². The monoisotopic (exact) mass is 387 g/mol. The summed E-state index contributed by atoms with van der Waals surface area (Å²) in [5.74, 6) is 2.48. The summed E-state index contributed by atoms with van der Waals surface area (Å²) in [5, 5.41) is 3.36. The molecule has 1 saturated heterocycles. The molecule has 1 aliphatic rings. The number of nitrogens with one attached hydrogen (secondary N) is 1. The Bertz CT molecular complexity index is 980. The molecule has 0 atom stereocenters. The maximum absolute atomic E-state index is 12.7. The van der Waals surface area contributed by atoms with Crippen molar-refractivity contribution in [3.63, 3.8) is 0 Å². The van der Waals surface area contributed by atoms with Gasteiger partial charge >= 0.3 is 0 Å². The van der Waals surface area contributed by atoms with Gasteiger partial charge in [-0.25, -0.2) is 9.97 Å². The van der Waals surface area contributed by atoms with Crippen molar-refractivity contribution in [1.82, 2.24) is 14.9 Å². The third-order valence-corrected chi connectivity index (χ3v) is 5.06. The van der Waals surface area contributed by atoms with Gasteiger partial charge in [-0.05, 0) is 38.1 Å². The number of carbonyl (C=O) groups excluding carboxylic acids is 1. The van der Waals surface area contributed by atoms with E-state index in [1.54, 1.807) is 0 Å². The molecule has 0 unspecified atom stereocenters. The first-order valence-corrected chi connectivity index (χ1v) is 9.87. The first-order valence-electron chi connectivity index (χ1n) is 9.87. The molecule has 6 heteroatoms. The van der Waals surface area contributed by atoms with Crippen molar-refractivity contribution in [3.05, 3.63) is 77.6 Å². The van der Waals surface area contributed by atoms with Crippen LogP contribution in [0.4, 0.5) is 17.3 Å². The second-order valence-corrected chi connectivity index (χ2v) is 7.29. The van der Waals surface area contributed by atoms with Gasteiger partial charge in [-0.3, -0.25) is 4.79 Å². The van der Waals surface area contributed by atoms with Crippen molar-refractivity contribution in [2.45, 2.75) is 13.8 Å². The Morgan fingerprint density at radius 2 is 1.59 bits per heavy atom. The Morgan fingerprint density at radius 3 is 2.28 bits per heavy atom. The minimum absolute atomic E-state index is 0.0887. The number of piperazine rings is 1. The van der Waals surface area contributed by atoms with Gasteiger partial charge < -0.3 is 15.1 Å². The maximum atomic E-state index is 12.7. The number of nitrogens with zero attached hydrogens (tertiary/aromatic N) is 4. The lowest BCUT2D eigenvalue weighted by molar-refractivity contribution is 0.0746. The van der Waals surface area contributed by atoms with E-state index in [1.165, 1.54) is 5.56 Å². The molecule has 0 radical (unpaired) electrons. The Kier molecular flexibility index (Phi) is 5.42. The van der Waals surface area contributed by atoms with Gasteiger partial charge in [0.15, 0.2) is 0 Å². The summed E-state index contributed by atoms with van der Waals surface area (Å²) in [5.41, 5.74) is 2.96. The number of hydrogen-bond acceptors (Lipinski definition) is 5. The smallest absolute Gasteiger partial charge is 0.253 e. The number of amides is 1. The van der Waals surface area contributed by atoms with E-state index in [-0.39, 0.29) is 5.91 Å². The van der Waals surface area contributed by atoms with E-state index < -0.39 is 0 Å². The average molecular weight is 387 g/mol. The SMILES string of the molecule is Cc1ccc(Nc2cc(N3CCN(C(=O)c4ccccc4)CC3)nc(C)n2)cc1. The molecule has 3 aromatic rings. The normalized spacial score (nSPS) is 14.0. The van der Waals surface area contributed by atoms with Crippen LogP contribution in [0.1, 0.15) is 21.7 Å². The molecule has 1 aromatic heterocycles. The second kappa shape index (κ2) is 8.31. The van der Waals surface area contributed by atoms with Crippen LogP contribution in [0.25, 0.3) is 0 Å². The van der Waals surface area contributed by atoms with E-state index in [1.807, 2.05) is 60.4 Å². The number of benzene rings is 2. The Labute approximate surface area is 171 Å². The van der Waals surface area contributed by atoms with Crippen LogP contribution in [-0.4, -0.2) is 47.0 Å². The van der Waals surface area contributed by atoms with Gasteiger partial charge in [-0.1, -0.05) is 35.9 Å². The molecule has 1 amide bonds. The number of carbonyl (C=O) groups is 1. The fraction of sp³-hybridized carbons (Fsp3) is 0.261. The lowest BCUT2D eigenvalue weighted by Crippen LogP contribution is -2.49. The van der Waals surface area contributed by atoms with E-state index in [9.17, 15) is 4.79 Å². The molecule has 0 saturated carbocycles. The van der Waals surface area contributed by atoms with Gasteiger partial charge in [0.05, 0.1) is 0 Å². The quantitative estimate of drug-likeness (QED) is 0.738. The lowest BCUT2D eigenvalue weighted by atomic mass is 10.2. The molecule has 0 aliphatic carbocycles. The Hall–Kier alpha value is -3.41. The zero-order chi connectivity index (χ0) is 20.2. The van der Waals surface area contributed by atoms with Gasteiger partial charge in [0.2, 0.25) is 0 Å². The predicted octanol–water partition coefficient (Wildman–Crippen LogP) is 3.80. The minimum Gasteiger partial charge on any atom is -0.353 e. The topological polar surface area (TPSA) is 61.4 Å². The molecular formula is C23H25N5O. The summed E-state index contributed by atoms with van der Waals surface area (Å²) < 4.78 is 0. The molecule has 1 aliphatic heterocycles. The van der Waals surface area contributed by atoms with Crippen molar-refractivity contribution in [2.24, 2.45) is 0 Å². The van der Waals surface area contributed by atoms with Gasteiger partial charge in [0.25, 0.3) is 5.91 Å². The number of aromatic nitrogens is 2. The summed E-state index contributed by atoms with van der Waals surface area (Å²) >= 11 is 0. The zero-order valence-corrected chi connectivity index (χ0v) is 16.8. The molecule has 1 fully saturated rings. The molecule has 1 N–H and O–H groups in total. The van der Waals surface area contributed by atoms with Gasteiger partial charge in [-0.2, -0.15) is 0 Å². The molecule has 148 valence electrons. The van der Waals surface area contributed by atoms with Crippen LogP contribution in [0.5, 0.6) is 0 Å². The van der Waals surface area contributed by atoms with E-state index >= 15 is 0 Å². The molecule has 6 nitrogen and oxygen atoms in total. The summed E-state index contributed by atoms with van der Waals surface area (Å²) in [6.45, 7) is 6.82. The highest BCUT2D eigenvalue weighted by Crippen LogP contribution is 2.21. The molecule has 2 aromatic carbocycles.